The van der Waals surface area contributed by atoms with Crippen molar-refractivity contribution in [2.24, 2.45) is 64.1 Å². The molecule has 0 aliphatic heterocycles. The van der Waals surface area contributed by atoms with E-state index in [1.54, 1.807) is 38.5 Å². The summed E-state index contributed by atoms with van der Waals surface area (Å²) in [6.45, 7) is 45.1. The maximum Gasteiger partial charge on any atom is 0.0467 e. The highest BCUT2D eigenvalue weighted by Crippen LogP contribution is 2.62. The van der Waals surface area contributed by atoms with Crippen LogP contribution in [0.15, 0.2) is 164 Å². The molecule has 85 heavy (non-hydrogen) atoms. The van der Waals surface area contributed by atoms with E-state index in [0.717, 1.165) is 76.5 Å². The Kier molecular flexibility index (Phi) is 31.1. The lowest BCUT2D eigenvalue weighted by molar-refractivity contribution is -0.0789. The molecule has 0 nitrogen and oxygen atoms in total. The summed E-state index contributed by atoms with van der Waals surface area (Å²) in [6, 6.07) is 58.3. The van der Waals surface area contributed by atoms with Gasteiger partial charge in [0, 0.05) is 5.02 Å². The molecule has 4 aliphatic rings. The molecule has 4 saturated carbocycles. The Balaban J connectivity index is 0.000000213. The standard InChI is InChI=1S/C15H18.C13H22.C12H18.C11H15Cl.3C11H16/c1-15(2,3)11-13-9-6-8-12-7-4-5-10-14(12)13;1-9(2)13-6-10-3-11(7-13)5-12(4-10)8-13;1-4-12(10(2)3)11-8-6-5-7-9-11;1-8(2)7-10-6-4-5-9(3)11(10)12;2*1-9(2)7-11-6-4-5-10(3)8-11;1-9(2)8-11-7-5-4-6-10(11)3/h4-10H,11H2,1-3H3;9-12H,3-8H2,1-2H3;5-10,12H,4H2,1-3H3;4-6,8H,7H2,1-3H3;2*4-6,8-9H,7H2,1-3H3;4-7,9H,8H2,1-3H3. The number of fused-ring (bicyclic) bond motifs is 1. The summed E-state index contributed by atoms with van der Waals surface area (Å²) >= 11 is 6.14. The summed E-state index contributed by atoms with van der Waals surface area (Å²) in [6.07, 6.45) is 16.5. The minimum absolute atomic E-state index is 0.351. The first-order chi connectivity index (χ1) is 40.2. The molecular weight excluding hydrogens is 1040 g/mol. The fraction of sp³-hybridized carbons (Fsp3) is 0.524. The van der Waals surface area contributed by atoms with Crippen LogP contribution in [0.2, 0.25) is 5.02 Å². The first-order valence-corrected chi connectivity index (χ1v) is 34.0. The lowest BCUT2D eigenvalue weighted by Gasteiger charge is -2.58. The summed E-state index contributed by atoms with van der Waals surface area (Å²) in [5, 5.41) is 3.68. The van der Waals surface area contributed by atoms with E-state index in [0.29, 0.717) is 11.3 Å². The van der Waals surface area contributed by atoms with Crippen molar-refractivity contribution >= 4 is 22.4 Å². The van der Waals surface area contributed by atoms with Gasteiger partial charge in [0.15, 0.2) is 0 Å². The topological polar surface area (TPSA) is 0 Å². The normalized spacial score (nSPS) is 17.8. The first kappa shape index (κ1) is 72.6. The molecule has 464 valence electrons. The van der Waals surface area contributed by atoms with E-state index in [1.165, 1.54) is 92.1 Å². The average Bonchev–Trinajstić information content (AvgIpc) is 1.00. The number of rotatable bonds is 13. The molecule has 4 aliphatic carbocycles. The second kappa shape index (κ2) is 36.4. The number of halogens is 1. The molecule has 0 spiro atoms. The quantitative estimate of drug-likeness (QED) is 0.108. The highest BCUT2D eigenvalue weighted by atomic mass is 35.5. The zero-order valence-corrected chi connectivity index (χ0v) is 58.5. The summed E-state index contributed by atoms with van der Waals surface area (Å²) < 4.78 is 0. The van der Waals surface area contributed by atoms with Gasteiger partial charge in [-0.1, -0.05) is 297 Å². The molecule has 4 bridgehead atoms. The zero-order chi connectivity index (χ0) is 62.9. The number of hydrogen-bond donors (Lipinski definition) is 0. The SMILES string of the molecule is CC(C)(C)Cc1cccc2ccccc12.CC(C)C12CC3CC(CC(C3)C1)C2.CCC(c1ccccc1)C(C)C.Cc1cccc(CC(C)C)c1.Cc1cccc(CC(C)C)c1.Cc1cccc(CC(C)C)c1Cl.Cc1ccccc1CC(C)C. The maximum absolute atomic E-state index is 6.14. The highest BCUT2D eigenvalue weighted by molar-refractivity contribution is 6.32. The molecule has 0 heterocycles. The summed E-state index contributed by atoms with van der Waals surface area (Å²) in [7, 11) is 0. The van der Waals surface area contributed by atoms with E-state index in [1.807, 2.05) is 13.0 Å². The van der Waals surface area contributed by atoms with Crippen molar-refractivity contribution in [3.05, 3.63) is 224 Å². The van der Waals surface area contributed by atoms with Gasteiger partial charge in [-0.05, 0) is 230 Å². The third-order valence-electron chi connectivity index (χ3n) is 17.6. The van der Waals surface area contributed by atoms with E-state index in [9.17, 15) is 0 Å². The third kappa shape index (κ3) is 26.5. The van der Waals surface area contributed by atoms with Crippen LogP contribution < -0.4 is 0 Å². The van der Waals surface area contributed by atoms with Gasteiger partial charge < -0.3 is 0 Å². The minimum Gasteiger partial charge on any atom is -0.0837 e. The van der Waals surface area contributed by atoms with Crippen LogP contribution in [0, 0.1) is 91.8 Å². The lowest BCUT2D eigenvalue weighted by Crippen LogP contribution is -2.48. The van der Waals surface area contributed by atoms with E-state index in [2.05, 4.69) is 289 Å². The van der Waals surface area contributed by atoms with Gasteiger partial charge >= 0.3 is 0 Å². The van der Waals surface area contributed by atoms with Crippen molar-refractivity contribution in [3.8, 4) is 0 Å². The van der Waals surface area contributed by atoms with E-state index in [-0.39, 0.29) is 0 Å². The average molecular weight is 1170 g/mol. The van der Waals surface area contributed by atoms with Gasteiger partial charge in [0.1, 0.15) is 0 Å². The Morgan fingerprint density at radius 3 is 1.32 bits per heavy atom. The smallest absolute Gasteiger partial charge is 0.0467 e. The van der Waals surface area contributed by atoms with Gasteiger partial charge in [-0.2, -0.15) is 0 Å². The van der Waals surface area contributed by atoms with Gasteiger partial charge in [0.05, 0.1) is 0 Å². The van der Waals surface area contributed by atoms with Crippen molar-refractivity contribution in [2.75, 3.05) is 0 Å². The van der Waals surface area contributed by atoms with Crippen LogP contribution in [0.1, 0.15) is 217 Å². The summed E-state index contributed by atoms with van der Waals surface area (Å²) in [5.41, 5.74) is 15.1. The molecule has 0 N–H and O–H groups in total. The zero-order valence-electron chi connectivity index (χ0n) is 57.7. The fourth-order valence-electron chi connectivity index (χ4n) is 13.9. The van der Waals surface area contributed by atoms with Gasteiger partial charge in [-0.3, -0.25) is 0 Å². The molecule has 0 aromatic heterocycles. The molecule has 1 atom stereocenters. The Morgan fingerprint density at radius 1 is 0.447 bits per heavy atom. The van der Waals surface area contributed by atoms with Crippen molar-refractivity contribution in [2.45, 2.75) is 221 Å². The van der Waals surface area contributed by atoms with E-state index in [4.69, 9.17) is 11.6 Å². The molecule has 1 heteroatoms. The molecule has 0 radical (unpaired) electrons. The lowest BCUT2D eigenvalue weighted by atomic mass is 9.47. The second-order valence-corrected chi connectivity index (χ2v) is 30.2. The van der Waals surface area contributed by atoms with Crippen molar-refractivity contribution in [1.29, 1.82) is 0 Å². The largest absolute Gasteiger partial charge is 0.0837 e. The van der Waals surface area contributed by atoms with Gasteiger partial charge in [-0.15, -0.1) is 0 Å². The maximum atomic E-state index is 6.14. The third-order valence-corrected chi connectivity index (χ3v) is 18.2. The molecule has 4 fully saturated rings. The van der Waals surface area contributed by atoms with Crippen LogP contribution in [-0.4, -0.2) is 0 Å². The summed E-state index contributed by atoms with van der Waals surface area (Å²) in [5.74, 6) is 8.77. The Morgan fingerprint density at radius 2 is 0.859 bits per heavy atom. The number of aryl methyl sites for hydroxylation is 4. The first-order valence-electron chi connectivity index (χ1n) is 33.6. The molecule has 11 rings (SSSR count). The van der Waals surface area contributed by atoms with Crippen molar-refractivity contribution in [3.63, 3.8) is 0 Å². The fourth-order valence-corrected chi connectivity index (χ4v) is 14.1. The van der Waals surface area contributed by atoms with Crippen LogP contribution in [0.25, 0.3) is 10.8 Å². The molecule has 7 aromatic carbocycles. The second-order valence-electron chi connectivity index (χ2n) is 29.8. The van der Waals surface area contributed by atoms with Crippen LogP contribution in [0.4, 0.5) is 0 Å². The Hall–Kier alpha value is -4.91. The Bertz CT molecular complexity index is 2850. The van der Waals surface area contributed by atoms with Gasteiger partial charge in [0.2, 0.25) is 0 Å². The number of hydrogen-bond acceptors (Lipinski definition) is 0. The summed E-state index contributed by atoms with van der Waals surface area (Å²) in [4.78, 5) is 0. The van der Waals surface area contributed by atoms with Crippen LogP contribution in [0.3, 0.4) is 0 Å². The van der Waals surface area contributed by atoms with Crippen molar-refractivity contribution < 1.29 is 0 Å². The van der Waals surface area contributed by atoms with Gasteiger partial charge in [0.25, 0.3) is 0 Å². The highest BCUT2D eigenvalue weighted by Gasteiger charge is 2.51. The monoisotopic (exact) mass is 1160 g/mol. The van der Waals surface area contributed by atoms with Gasteiger partial charge in [-0.25, -0.2) is 0 Å². The molecule has 0 amide bonds. The van der Waals surface area contributed by atoms with Crippen molar-refractivity contribution in [1.82, 2.24) is 0 Å². The minimum atomic E-state index is 0.351. The molecule has 7 aromatic rings. The van der Waals surface area contributed by atoms with Crippen LogP contribution in [-0.2, 0) is 32.1 Å². The van der Waals surface area contributed by atoms with Crippen LogP contribution >= 0.6 is 11.6 Å². The molecule has 0 saturated heterocycles. The Labute approximate surface area is 529 Å². The molecular formula is C84H121Cl. The van der Waals surface area contributed by atoms with E-state index < -0.39 is 0 Å². The van der Waals surface area contributed by atoms with Crippen LogP contribution in [0.5, 0.6) is 0 Å². The molecule has 1 unspecified atom stereocenters. The number of benzene rings is 7. The van der Waals surface area contributed by atoms with E-state index >= 15 is 0 Å². The predicted octanol–water partition coefficient (Wildman–Crippen LogP) is 25.6. The predicted molar refractivity (Wildman–Crippen MR) is 381 cm³/mol.